The largest absolute Gasteiger partial charge is 0.271 e. The molecule has 1 heterocycles. The van der Waals surface area contributed by atoms with Gasteiger partial charge in [0.05, 0.1) is 11.7 Å². The van der Waals surface area contributed by atoms with Crippen molar-refractivity contribution >= 4 is 15.9 Å². The van der Waals surface area contributed by atoms with Crippen LogP contribution in [-0.4, -0.2) is 4.98 Å². The Balaban J connectivity index is 2.30. The lowest BCUT2D eigenvalue weighted by molar-refractivity contribution is 0.587. The maximum Gasteiger partial charge on any atom is 0.0881 e. The summed E-state index contributed by atoms with van der Waals surface area (Å²) < 4.78 is 0.958. The number of hydrogen-bond donors (Lipinski definition) is 2. The van der Waals surface area contributed by atoms with Gasteiger partial charge in [0.15, 0.2) is 0 Å². The van der Waals surface area contributed by atoms with Gasteiger partial charge in [0, 0.05) is 10.7 Å². The van der Waals surface area contributed by atoms with E-state index in [1.165, 1.54) is 5.56 Å². The van der Waals surface area contributed by atoms with Gasteiger partial charge in [0.2, 0.25) is 0 Å². The van der Waals surface area contributed by atoms with E-state index < -0.39 is 0 Å². The number of nitrogens with one attached hydrogen (secondary N) is 1. The van der Waals surface area contributed by atoms with Crippen molar-refractivity contribution in [2.75, 3.05) is 0 Å². The third-order valence-electron chi connectivity index (χ3n) is 3.32. The standard InChI is InChI=1S/C16H20BrN3/c1-16(2,3)12-6-4-11(5-7-12)15(20-18)14-9-8-13(17)10-19-14/h4-10,15,20H,18H2,1-3H3. The molecule has 4 heteroatoms. The van der Waals surface area contributed by atoms with E-state index in [4.69, 9.17) is 5.84 Å². The number of nitrogens with zero attached hydrogens (tertiary/aromatic N) is 1. The maximum atomic E-state index is 5.70. The molecule has 3 N–H and O–H groups in total. The van der Waals surface area contributed by atoms with Crippen molar-refractivity contribution in [3.05, 3.63) is 63.9 Å². The third-order valence-corrected chi connectivity index (χ3v) is 3.79. The second kappa shape index (κ2) is 6.04. The van der Waals surface area contributed by atoms with Crippen molar-refractivity contribution in [2.24, 2.45) is 5.84 Å². The summed E-state index contributed by atoms with van der Waals surface area (Å²) in [6.07, 6.45) is 1.78. The van der Waals surface area contributed by atoms with E-state index in [1.54, 1.807) is 6.20 Å². The van der Waals surface area contributed by atoms with Gasteiger partial charge >= 0.3 is 0 Å². The highest BCUT2D eigenvalue weighted by Gasteiger charge is 2.16. The molecule has 106 valence electrons. The molecular weight excluding hydrogens is 314 g/mol. The summed E-state index contributed by atoms with van der Waals surface area (Å²) in [5.74, 6) is 5.70. The van der Waals surface area contributed by atoms with Gasteiger partial charge in [0.1, 0.15) is 0 Å². The summed E-state index contributed by atoms with van der Waals surface area (Å²) in [5.41, 5.74) is 6.30. The number of pyridine rings is 1. The molecule has 0 spiro atoms. The van der Waals surface area contributed by atoms with E-state index in [0.717, 1.165) is 15.7 Å². The summed E-state index contributed by atoms with van der Waals surface area (Å²) in [7, 11) is 0. The lowest BCUT2D eigenvalue weighted by Crippen LogP contribution is -2.29. The van der Waals surface area contributed by atoms with E-state index in [0.29, 0.717) is 0 Å². The Morgan fingerprint density at radius 3 is 2.20 bits per heavy atom. The van der Waals surface area contributed by atoms with Crippen molar-refractivity contribution in [1.29, 1.82) is 0 Å². The van der Waals surface area contributed by atoms with E-state index >= 15 is 0 Å². The molecule has 0 amide bonds. The monoisotopic (exact) mass is 333 g/mol. The van der Waals surface area contributed by atoms with Crippen LogP contribution in [0.3, 0.4) is 0 Å². The van der Waals surface area contributed by atoms with Crippen LogP contribution in [0.2, 0.25) is 0 Å². The molecule has 0 bridgehead atoms. The van der Waals surface area contributed by atoms with Gasteiger partial charge in [-0.2, -0.15) is 0 Å². The average molecular weight is 334 g/mol. The van der Waals surface area contributed by atoms with Crippen molar-refractivity contribution in [1.82, 2.24) is 10.4 Å². The second-order valence-electron chi connectivity index (χ2n) is 5.87. The van der Waals surface area contributed by atoms with Gasteiger partial charge in [-0.25, -0.2) is 5.43 Å². The number of benzene rings is 1. The number of rotatable bonds is 3. The van der Waals surface area contributed by atoms with E-state index in [-0.39, 0.29) is 11.5 Å². The van der Waals surface area contributed by atoms with Gasteiger partial charge < -0.3 is 0 Å². The Morgan fingerprint density at radius 2 is 1.75 bits per heavy atom. The average Bonchev–Trinajstić information content (AvgIpc) is 2.41. The lowest BCUT2D eigenvalue weighted by Gasteiger charge is -2.21. The highest BCUT2D eigenvalue weighted by atomic mass is 79.9. The first-order chi connectivity index (χ1) is 9.41. The SMILES string of the molecule is CC(C)(C)c1ccc(C(NN)c2ccc(Br)cn2)cc1. The van der Waals surface area contributed by atoms with Crippen LogP contribution in [-0.2, 0) is 5.41 Å². The fourth-order valence-electron chi connectivity index (χ4n) is 2.09. The van der Waals surface area contributed by atoms with Crippen LogP contribution in [0.25, 0.3) is 0 Å². The molecular formula is C16H20BrN3. The van der Waals surface area contributed by atoms with Gasteiger partial charge in [-0.1, -0.05) is 45.0 Å². The molecule has 0 aliphatic heterocycles. The van der Waals surface area contributed by atoms with E-state index in [2.05, 4.69) is 71.4 Å². The Kier molecular flexibility index (Phi) is 4.58. The van der Waals surface area contributed by atoms with Crippen molar-refractivity contribution < 1.29 is 0 Å². The first-order valence-corrected chi connectivity index (χ1v) is 7.39. The Hall–Kier alpha value is -1.23. The first kappa shape index (κ1) is 15.2. The van der Waals surface area contributed by atoms with Gasteiger partial charge in [-0.3, -0.25) is 10.8 Å². The molecule has 20 heavy (non-hydrogen) atoms. The molecule has 0 fully saturated rings. The number of hydrazine groups is 1. The molecule has 0 saturated carbocycles. The molecule has 2 aromatic rings. The van der Waals surface area contributed by atoms with E-state index in [1.807, 2.05) is 12.1 Å². The number of nitrogens with two attached hydrogens (primary N) is 1. The van der Waals surface area contributed by atoms with Crippen LogP contribution in [0.1, 0.15) is 43.6 Å². The fourth-order valence-corrected chi connectivity index (χ4v) is 2.32. The molecule has 1 unspecified atom stereocenters. The summed E-state index contributed by atoms with van der Waals surface area (Å²) in [5, 5.41) is 0. The topological polar surface area (TPSA) is 50.9 Å². The predicted octanol–water partition coefficient (Wildman–Crippen LogP) is 3.69. The molecule has 2 rings (SSSR count). The smallest absolute Gasteiger partial charge is 0.0881 e. The molecule has 0 radical (unpaired) electrons. The summed E-state index contributed by atoms with van der Waals surface area (Å²) in [6, 6.07) is 12.3. The van der Waals surface area contributed by atoms with Crippen molar-refractivity contribution in [3.8, 4) is 0 Å². The van der Waals surface area contributed by atoms with Crippen molar-refractivity contribution in [3.63, 3.8) is 0 Å². The molecule has 0 aliphatic carbocycles. The Labute approximate surface area is 128 Å². The van der Waals surface area contributed by atoms with Crippen LogP contribution in [0.15, 0.2) is 47.1 Å². The summed E-state index contributed by atoms with van der Waals surface area (Å²) in [6.45, 7) is 6.62. The summed E-state index contributed by atoms with van der Waals surface area (Å²) in [4.78, 5) is 4.41. The van der Waals surface area contributed by atoms with Crippen molar-refractivity contribution in [2.45, 2.75) is 32.2 Å². The number of aromatic nitrogens is 1. The predicted molar refractivity (Wildman–Crippen MR) is 86.2 cm³/mol. The Morgan fingerprint density at radius 1 is 1.10 bits per heavy atom. The molecule has 1 aromatic carbocycles. The van der Waals surface area contributed by atoms with Crippen LogP contribution in [0.4, 0.5) is 0 Å². The van der Waals surface area contributed by atoms with Gasteiger partial charge in [-0.15, -0.1) is 0 Å². The summed E-state index contributed by atoms with van der Waals surface area (Å²) >= 11 is 3.39. The quantitative estimate of drug-likeness (QED) is 0.665. The minimum atomic E-state index is -0.0999. The van der Waals surface area contributed by atoms with Crippen LogP contribution in [0, 0.1) is 0 Å². The minimum absolute atomic E-state index is 0.0999. The molecule has 0 aliphatic rings. The normalized spacial score (nSPS) is 13.2. The zero-order valence-electron chi connectivity index (χ0n) is 12.0. The van der Waals surface area contributed by atoms with Gasteiger partial charge in [0.25, 0.3) is 0 Å². The maximum absolute atomic E-state index is 5.70. The minimum Gasteiger partial charge on any atom is -0.271 e. The highest BCUT2D eigenvalue weighted by molar-refractivity contribution is 9.10. The third kappa shape index (κ3) is 3.45. The lowest BCUT2D eigenvalue weighted by atomic mass is 9.86. The van der Waals surface area contributed by atoms with E-state index in [9.17, 15) is 0 Å². The zero-order valence-corrected chi connectivity index (χ0v) is 13.6. The fraction of sp³-hybridized carbons (Fsp3) is 0.312. The second-order valence-corrected chi connectivity index (χ2v) is 6.79. The zero-order chi connectivity index (χ0) is 14.8. The highest BCUT2D eigenvalue weighted by Crippen LogP contribution is 2.26. The molecule has 0 saturated heterocycles. The number of halogens is 1. The molecule has 1 aromatic heterocycles. The van der Waals surface area contributed by atoms with Crippen LogP contribution in [0.5, 0.6) is 0 Å². The van der Waals surface area contributed by atoms with Crippen LogP contribution < -0.4 is 11.3 Å². The molecule has 1 atom stereocenters. The van der Waals surface area contributed by atoms with Gasteiger partial charge in [-0.05, 0) is 44.6 Å². The number of hydrogen-bond acceptors (Lipinski definition) is 3. The first-order valence-electron chi connectivity index (χ1n) is 6.60. The Bertz CT molecular complexity index is 556. The van der Waals surface area contributed by atoms with Crippen LogP contribution >= 0.6 is 15.9 Å². The molecule has 3 nitrogen and oxygen atoms in total.